The lowest BCUT2D eigenvalue weighted by Gasteiger charge is -2.34. The minimum atomic E-state index is -0.764. The van der Waals surface area contributed by atoms with Crippen molar-refractivity contribution in [2.75, 3.05) is 5.32 Å². The van der Waals surface area contributed by atoms with Gasteiger partial charge in [0.05, 0.1) is 28.5 Å². The maximum absolute atomic E-state index is 16.1. The van der Waals surface area contributed by atoms with Crippen LogP contribution >= 0.6 is 0 Å². The first-order valence-electron chi connectivity index (χ1n) is 10.8. The van der Waals surface area contributed by atoms with Crippen molar-refractivity contribution in [2.24, 2.45) is 0 Å². The molecule has 0 atom stereocenters. The fraction of sp³-hybridized carbons (Fsp3) is 0.333. The summed E-state index contributed by atoms with van der Waals surface area (Å²) in [7, 11) is 0. The Balaban J connectivity index is 1.72. The Morgan fingerprint density at radius 2 is 1.91 bits per heavy atom. The van der Waals surface area contributed by atoms with Crippen LogP contribution in [0.25, 0.3) is 27.7 Å². The number of benzene rings is 2. The number of fused-ring (bicyclic) bond motifs is 4. The van der Waals surface area contributed by atoms with Crippen molar-refractivity contribution in [1.29, 1.82) is 0 Å². The lowest BCUT2D eigenvalue weighted by Crippen LogP contribution is -2.36. The predicted molar refractivity (Wildman–Crippen MR) is 123 cm³/mol. The van der Waals surface area contributed by atoms with Gasteiger partial charge in [0.15, 0.2) is 11.6 Å². The molecule has 1 N–H and O–H groups in total. The molecule has 1 aliphatic rings. The monoisotopic (exact) mass is 466 g/mol. The molecule has 4 aromatic rings. The number of nitrogens with one attached hydrogen (secondary N) is 1. The van der Waals surface area contributed by atoms with E-state index in [2.05, 4.69) is 20.6 Å². The summed E-state index contributed by atoms with van der Waals surface area (Å²) in [5.74, 6) is -0.505. The largest absolute Gasteiger partial charge is 0.442 e. The van der Waals surface area contributed by atoms with Gasteiger partial charge in [0.25, 0.3) is 0 Å². The molecule has 0 radical (unpaired) electrons. The first-order valence-corrected chi connectivity index (χ1v) is 10.8. The van der Waals surface area contributed by atoms with Crippen molar-refractivity contribution in [3.8, 4) is 16.8 Å². The summed E-state index contributed by atoms with van der Waals surface area (Å²) < 4.78 is 39.7. The van der Waals surface area contributed by atoms with E-state index in [0.29, 0.717) is 28.2 Å². The van der Waals surface area contributed by atoms with Crippen LogP contribution in [0.3, 0.4) is 0 Å². The van der Waals surface area contributed by atoms with Crippen molar-refractivity contribution in [2.45, 2.75) is 52.7 Å². The number of nitrogens with zero attached hydrogens (tertiary/aromatic N) is 5. The van der Waals surface area contributed by atoms with E-state index in [0.717, 1.165) is 4.68 Å². The second-order valence-corrected chi connectivity index (χ2v) is 9.87. The summed E-state index contributed by atoms with van der Waals surface area (Å²) in [5, 5.41) is 16.0. The van der Waals surface area contributed by atoms with E-state index in [-0.39, 0.29) is 16.8 Å². The van der Waals surface area contributed by atoms with Gasteiger partial charge in [0.2, 0.25) is 0 Å². The van der Waals surface area contributed by atoms with Crippen LogP contribution in [0.4, 0.5) is 19.3 Å². The number of ether oxygens (including phenoxy) is 1. The van der Waals surface area contributed by atoms with E-state index in [4.69, 9.17) is 4.74 Å². The third kappa shape index (κ3) is 3.24. The zero-order valence-electron chi connectivity index (χ0n) is 19.7. The van der Waals surface area contributed by atoms with E-state index in [9.17, 15) is 4.79 Å². The van der Waals surface area contributed by atoms with Crippen LogP contribution in [-0.2, 0) is 10.3 Å². The summed E-state index contributed by atoms with van der Waals surface area (Å²) in [4.78, 5) is 12.6. The van der Waals surface area contributed by atoms with Crippen LogP contribution in [-0.4, -0.2) is 36.2 Å². The average Bonchev–Trinajstić information content (AvgIpc) is 3.31. The van der Waals surface area contributed by atoms with Gasteiger partial charge in [0.1, 0.15) is 22.9 Å². The molecule has 3 heterocycles. The molecule has 8 nitrogen and oxygen atoms in total. The van der Waals surface area contributed by atoms with Gasteiger partial charge < -0.3 is 10.1 Å². The van der Waals surface area contributed by atoms with Crippen molar-refractivity contribution >= 4 is 22.7 Å². The van der Waals surface area contributed by atoms with E-state index >= 15 is 8.78 Å². The number of anilines is 1. The zero-order chi connectivity index (χ0) is 24.6. The molecule has 0 unspecified atom stereocenters. The second kappa shape index (κ2) is 7.09. The number of hydrogen-bond acceptors (Lipinski definition) is 6. The standard InChI is InChI=1S/C24H24F2N6O2/c1-12-29-30-21-24(5,6)28-16-10-15(25)18(19(26)20(16)31(12)21)13-8-7-9-17-14(13)11-27-32(17)22(33)34-23(2,3)4/h7-11,28H,1-6H3. The average molecular weight is 466 g/mol. The Labute approximate surface area is 194 Å². The number of halogens is 2. The lowest BCUT2D eigenvalue weighted by molar-refractivity contribution is 0.0522. The van der Waals surface area contributed by atoms with E-state index < -0.39 is 28.9 Å². The van der Waals surface area contributed by atoms with Crippen LogP contribution < -0.4 is 5.32 Å². The number of hydrogen-bond donors (Lipinski definition) is 1. The first kappa shape index (κ1) is 22.0. The predicted octanol–water partition coefficient (Wildman–Crippen LogP) is 5.31. The Morgan fingerprint density at radius 3 is 2.62 bits per heavy atom. The van der Waals surface area contributed by atoms with Crippen molar-refractivity contribution in [1.82, 2.24) is 24.5 Å². The van der Waals surface area contributed by atoms with Gasteiger partial charge in [-0.1, -0.05) is 12.1 Å². The lowest BCUT2D eigenvalue weighted by atomic mass is 9.95. The van der Waals surface area contributed by atoms with Gasteiger partial charge >= 0.3 is 6.09 Å². The maximum Gasteiger partial charge on any atom is 0.435 e. The molecule has 176 valence electrons. The van der Waals surface area contributed by atoms with Crippen LogP contribution in [0.1, 0.15) is 46.3 Å². The second-order valence-electron chi connectivity index (χ2n) is 9.87. The first-order chi connectivity index (χ1) is 15.9. The molecular formula is C24H24F2N6O2. The third-order valence-corrected chi connectivity index (χ3v) is 5.70. The minimum Gasteiger partial charge on any atom is -0.442 e. The van der Waals surface area contributed by atoms with Gasteiger partial charge in [0, 0.05) is 11.5 Å². The highest BCUT2D eigenvalue weighted by molar-refractivity contribution is 5.99. The molecule has 5 rings (SSSR count). The number of aryl methyl sites for hydroxylation is 1. The van der Waals surface area contributed by atoms with Gasteiger partial charge in [-0.3, -0.25) is 4.57 Å². The SMILES string of the molecule is Cc1nnc2n1-c1c(cc(F)c(-c3cccc4c3cnn4C(=O)OC(C)(C)C)c1F)NC2(C)C. The minimum absolute atomic E-state index is 0.143. The normalized spacial score (nSPS) is 14.5. The fourth-order valence-electron chi connectivity index (χ4n) is 4.32. The highest BCUT2D eigenvalue weighted by atomic mass is 19.1. The molecule has 2 aromatic heterocycles. The van der Waals surface area contributed by atoms with Crippen molar-refractivity contribution in [3.63, 3.8) is 0 Å². The molecule has 0 saturated heterocycles. The zero-order valence-corrected chi connectivity index (χ0v) is 19.7. The Kier molecular flexibility index (Phi) is 4.59. The molecular weight excluding hydrogens is 442 g/mol. The Bertz CT molecular complexity index is 1480. The maximum atomic E-state index is 16.1. The van der Waals surface area contributed by atoms with Crippen LogP contribution in [0.5, 0.6) is 0 Å². The van der Waals surface area contributed by atoms with E-state index in [1.807, 2.05) is 13.8 Å². The summed E-state index contributed by atoms with van der Waals surface area (Å²) >= 11 is 0. The summed E-state index contributed by atoms with van der Waals surface area (Å²) in [6, 6.07) is 6.14. The van der Waals surface area contributed by atoms with Crippen LogP contribution in [0.15, 0.2) is 30.5 Å². The van der Waals surface area contributed by atoms with E-state index in [1.54, 1.807) is 50.5 Å². The van der Waals surface area contributed by atoms with Crippen LogP contribution in [0, 0.1) is 18.6 Å². The molecule has 1 aliphatic heterocycles. The van der Waals surface area contributed by atoms with Gasteiger partial charge in [-0.25, -0.2) is 13.6 Å². The van der Waals surface area contributed by atoms with Gasteiger partial charge in [-0.2, -0.15) is 9.78 Å². The van der Waals surface area contributed by atoms with E-state index in [1.165, 1.54) is 12.3 Å². The fourth-order valence-corrected chi connectivity index (χ4v) is 4.32. The van der Waals surface area contributed by atoms with Crippen molar-refractivity contribution in [3.05, 3.63) is 53.7 Å². The van der Waals surface area contributed by atoms with Crippen molar-refractivity contribution < 1.29 is 18.3 Å². The molecule has 10 heteroatoms. The number of rotatable bonds is 1. The molecule has 0 bridgehead atoms. The van der Waals surface area contributed by atoms with Gasteiger partial charge in [-0.05, 0) is 53.2 Å². The molecule has 0 saturated carbocycles. The quantitative estimate of drug-likeness (QED) is 0.409. The highest BCUT2D eigenvalue weighted by Gasteiger charge is 2.37. The third-order valence-electron chi connectivity index (χ3n) is 5.70. The Hall–Kier alpha value is -3.82. The number of aromatic nitrogens is 5. The van der Waals surface area contributed by atoms with Crippen LogP contribution in [0.2, 0.25) is 0 Å². The summed E-state index contributed by atoms with van der Waals surface area (Å²) in [6.45, 7) is 10.7. The highest BCUT2D eigenvalue weighted by Crippen LogP contribution is 2.43. The molecule has 0 amide bonds. The molecule has 0 aliphatic carbocycles. The van der Waals surface area contributed by atoms with Gasteiger partial charge in [-0.15, -0.1) is 10.2 Å². The Morgan fingerprint density at radius 1 is 1.18 bits per heavy atom. The molecule has 0 fully saturated rings. The number of carbonyl (C=O) groups excluding carboxylic acids is 1. The summed E-state index contributed by atoms with van der Waals surface area (Å²) in [5.41, 5.74) is -0.540. The topological polar surface area (TPSA) is 86.9 Å². The number of carbonyl (C=O) groups is 1. The smallest absolute Gasteiger partial charge is 0.435 e. The molecule has 0 spiro atoms. The molecule has 2 aromatic carbocycles. The summed E-state index contributed by atoms with van der Waals surface area (Å²) in [6.07, 6.45) is 0.728. The molecule has 34 heavy (non-hydrogen) atoms.